The molecule has 234 valence electrons. The van der Waals surface area contributed by atoms with E-state index in [0.29, 0.717) is 10.8 Å². The molecular weight excluding hydrogens is 584 g/mol. The average molecular weight is 625 g/mol. The SMILES string of the molecule is COc1cc(NC(C)CCCNC(c2cc(Nc3ccnc4cc(Cl)ccc34)cc(C)c2O)N2CCCC2)c2ncccc2c1. The van der Waals surface area contributed by atoms with Crippen LogP contribution >= 0.6 is 11.6 Å². The molecule has 3 heterocycles. The molecule has 0 aliphatic carbocycles. The molecule has 1 aliphatic rings. The molecule has 6 rings (SSSR count). The van der Waals surface area contributed by atoms with Crippen molar-refractivity contribution in [2.75, 3.05) is 37.4 Å². The highest BCUT2D eigenvalue weighted by molar-refractivity contribution is 6.31. The van der Waals surface area contributed by atoms with Crippen LogP contribution in [0.2, 0.25) is 5.02 Å². The molecular formula is C36H41ClN6O2. The fourth-order valence-corrected chi connectivity index (χ4v) is 6.45. The van der Waals surface area contributed by atoms with E-state index in [1.807, 2.05) is 61.7 Å². The van der Waals surface area contributed by atoms with E-state index < -0.39 is 0 Å². The number of aromatic hydroxyl groups is 1. The van der Waals surface area contributed by atoms with Crippen LogP contribution in [0.15, 0.2) is 73.1 Å². The van der Waals surface area contributed by atoms with E-state index in [1.54, 1.807) is 13.3 Å². The molecule has 1 saturated heterocycles. The number of phenols is 1. The Balaban J connectivity index is 1.16. The zero-order valence-electron chi connectivity index (χ0n) is 26.1. The number of hydrogen-bond donors (Lipinski definition) is 4. The number of anilines is 3. The topological polar surface area (TPSA) is 94.6 Å². The molecule has 3 aromatic carbocycles. The fourth-order valence-electron chi connectivity index (χ4n) is 6.29. The van der Waals surface area contributed by atoms with Crippen LogP contribution in [0.1, 0.15) is 49.9 Å². The maximum atomic E-state index is 11.3. The second-order valence-corrected chi connectivity index (χ2v) is 12.3. The number of methoxy groups -OCH3 is 1. The van der Waals surface area contributed by atoms with Gasteiger partial charge in [0.1, 0.15) is 11.5 Å². The minimum absolute atomic E-state index is 0.0873. The number of phenolic OH excluding ortho intramolecular Hbond substituents is 1. The minimum atomic E-state index is -0.0873. The van der Waals surface area contributed by atoms with E-state index in [2.05, 4.69) is 49.9 Å². The van der Waals surface area contributed by atoms with Gasteiger partial charge in [0, 0.05) is 57.2 Å². The van der Waals surface area contributed by atoms with Gasteiger partial charge < -0.3 is 20.5 Å². The van der Waals surface area contributed by atoms with Gasteiger partial charge in [-0.05, 0) is 113 Å². The van der Waals surface area contributed by atoms with Gasteiger partial charge in [0.2, 0.25) is 0 Å². The Labute approximate surface area is 269 Å². The number of likely N-dealkylation sites (tertiary alicyclic amines) is 1. The summed E-state index contributed by atoms with van der Waals surface area (Å²) < 4.78 is 5.53. The molecule has 9 heteroatoms. The first-order valence-electron chi connectivity index (χ1n) is 15.7. The second-order valence-electron chi connectivity index (χ2n) is 11.9. The molecule has 8 nitrogen and oxygen atoms in total. The lowest BCUT2D eigenvalue weighted by Crippen LogP contribution is -2.37. The molecule has 0 amide bonds. The van der Waals surface area contributed by atoms with Gasteiger partial charge in [-0.25, -0.2) is 0 Å². The first-order chi connectivity index (χ1) is 21.9. The van der Waals surface area contributed by atoms with Crippen LogP contribution in [0.25, 0.3) is 21.8 Å². The van der Waals surface area contributed by atoms with E-state index in [9.17, 15) is 5.11 Å². The number of ether oxygens (including phenoxy) is 1. The van der Waals surface area contributed by atoms with E-state index in [4.69, 9.17) is 16.3 Å². The standard InChI is InChI=1S/C36H41ClN6O2/c1-23-18-27(42-31-12-15-38-32-20-26(37)10-11-29(31)32)21-30(35(23)44)36(43-16-4-5-17-43)40-14-6-8-24(2)41-33-22-28(45-3)19-25-9-7-13-39-34(25)33/h7,9-13,15,18-22,24,36,40-41,44H,4-6,8,14,16-17H2,1-3H3,(H,38,42). The molecule has 0 radical (unpaired) electrons. The Hall–Kier alpha value is -4.11. The van der Waals surface area contributed by atoms with Crippen LogP contribution in [0, 0.1) is 6.92 Å². The van der Waals surface area contributed by atoms with E-state index in [0.717, 1.165) is 101 Å². The smallest absolute Gasteiger partial charge is 0.124 e. The lowest BCUT2D eigenvalue weighted by molar-refractivity contribution is 0.201. The van der Waals surface area contributed by atoms with E-state index in [1.165, 1.54) is 0 Å². The number of hydrogen-bond acceptors (Lipinski definition) is 8. The Morgan fingerprint density at radius 2 is 1.84 bits per heavy atom. The van der Waals surface area contributed by atoms with Crippen molar-refractivity contribution >= 4 is 50.5 Å². The van der Waals surface area contributed by atoms with Crippen molar-refractivity contribution in [2.45, 2.75) is 51.7 Å². The van der Waals surface area contributed by atoms with Gasteiger partial charge in [0.25, 0.3) is 0 Å². The lowest BCUT2D eigenvalue weighted by Gasteiger charge is -2.30. The number of pyridine rings is 2. The molecule has 0 spiro atoms. The molecule has 1 fully saturated rings. The summed E-state index contributed by atoms with van der Waals surface area (Å²) in [6.07, 6.45) is 7.77. The summed E-state index contributed by atoms with van der Waals surface area (Å²) in [5, 5.41) is 25.0. The first-order valence-corrected chi connectivity index (χ1v) is 16.1. The number of benzene rings is 3. The highest BCUT2D eigenvalue weighted by Gasteiger charge is 2.26. The molecule has 1 aliphatic heterocycles. The Morgan fingerprint density at radius 3 is 2.67 bits per heavy atom. The minimum Gasteiger partial charge on any atom is -0.507 e. The van der Waals surface area contributed by atoms with Gasteiger partial charge in [-0.1, -0.05) is 17.7 Å². The quantitative estimate of drug-likeness (QED) is 0.0816. The molecule has 0 saturated carbocycles. The predicted octanol–water partition coefficient (Wildman–Crippen LogP) is 8.17. The molecule has 45 heavy (non-hydrogen) atoms. The van der Waals surface area contributed by atoms with E-state index in [-0.39, 0.29) is 12.2 Å². The summed E-state index contributed by atoms with van der Waals surface area (Å²) in [6, 6.07) is 20.0. The Bertz CT molecular complexity index is 1790. The number of rotatable bonds is 12. The monoisotopic (exact) mass is 624 g/mol. The molecule has 2 atom stereocenters. The summed E-state index contributed by atoms with van der Waals surface area (Å²) in [5.74, 6) is 1.15. The van der Waals surface area contributed by atoms with Crippen LogP contribution in [-0.2, 0) is 0 Å². The van der Waals surface area contributed by atoms with Crippen molar-refractivity contribution in [3.8, 4) is 11.5 Å². The molecule has 2 aromatic heterocycles. The van der Waals surface area contributed by atoms with Crippen molar-refractivity contribution < 1.29 is 9.84 Å². The number of nitrogens with zero attached hydrogens (tertiary/aromatic N) is 3. The van der Waals surface area contributed by atoms with Crippen molar-refractivity contribution in [3.63, 3.8) is 0 Å². The third kappa shape index (κ3) is 7.09. The van der Waals surface area contributed by atoms with Crippen molar-refractivity contribution in [3.05, 3.63) is 89.2 Å². The highest BCUT2D eigenvalue weighted by atomic mass is 35.5. The number of nitrogens with one attached hydrogen (secondary N) is 3. The van der Waals surface area contributed by atoms with Crippen LogP contribution in [0.5, 0.6) is 11.5 Å². The molecule has 5 aromatic rings. The van der Waals surface area contributed by atoms with Crippen molar-refractivity contribution in [1.82, 2.24) is 20.2 Å². The van der Waals surface area contributed by atoms with Crippen LogP contribution in [0.3, 0.4) is 0 Å². The molecule has 2 unspecified atom stereocenters. The largest absolute Gasteiger partial charge is 0.507 e. The Kier molecular flexibility index (Phi) is 9.54. The van der Waals surface area contributed by atoms with Crippen LogP contribution in [-0.4, -0.2) is 52.8 Å². The molecule has 0 bridgehead atoms. The van der Waals surface area contributed by atoms with Gasteiger partial charge in [-0.15, -0.1) is 0 Å². The number of fused-ring (bicyclic) bond motifs is 2. The summed E-state index contributed by atoms with van der Waals surface area (Å²) in [4.78, 5) is 11.5. The third-order valence-corrected chi connectivity index (χ3v) is 8.82. The third-order valence-electron chi connectivity index (χ3n) is 8.58. The normalized spacial score (nSPS) is 14.9. The second kappa shape index (κ2) is 13.9. The van der Waals surface area contributed by atoms with Crippen molar-refractivity contribution in [1.29, 1.82) is 0 Å². The summed E-state index contributed by atoms with van der Waals surface area (Å²) >= 11 is 6.21. The lowest BCUT2D eigenvalue weighted by atomic mass is 10.0. The fraction of sp³-hybridized carbons (Fsp3) is 0.333. The van der Waals surface area contributed by atoms with Crippen LogP contribution < -0.4 is 20.7 Å². The maximum Gasteiger partial charge on any atom is 0.124 e. The average Bonchev–Trinajstić information content (AvgIpc) is 3.57. The van der Waals surface area contributed by atoms with Gasteiger partial charge in [-0.3, -0.25) is 20.2 Å². The van der Waals surface area contributed by atoms with Crippen LogP contribution in [0.4, 0.5) is 17.1 Å². The van der Waals surface area contributed by atoms with E-state index >= 15 is 0 Å². The predicted molar refractivity (Wildman–Crippen MR) is 185 cm³/mol. The summed E-state index contributed by atoms with van der Waals surface area (Å²) in [7, 11) is 1.69. The number of aryl methyl sites for hydroxylation is 1. The van der Waals surface area contributed by atoms with Gasteiger partial charge in [0.15, 0.2) is 0 Å². The zero-order chi connectivity index (χ0) is 31.3. The van der Waals surface area contributed by atoms with Gasteiger partial charge in [0.05, 0.1) is 30.0 Å². The first kappa shape index (κ1) is 30.9. The highest BCUT2D eigenvalue weighted by Crippen LogP contribution is 2.36. The summed E-state index contributed by atoms with van der Waals surface area (Å²) in [5.41, 5.74) is 6.35. The number of aromatic nitrogens is 2. The summed E-state index contributed by atoms with van der Waals surface area (Å²) in [6.45, 7) is 6.97. The van der Waals surface area contributed by atoms with Crippen molar-refractivity contribution in [2.24, 2.45) is 0 Å². The number of halogens is 1. The molecule has 4 N–H and O–H groups in total. The maximum absolute atomic E-state index is 11.3. The Morgan fingerprint density at radius 1 is 1.00 bits per heavy atom. The zero-order valence-corrected chi connectivity index (χ0v) is 26.9. The van der Waals surface area contributed by atoms with Gasteiger partial charge >= 0.3 is 0 Å². The van der Waals surface area contributed by atoms with Gasteiger partial charge in [-0.2, -0.15) is 0 Å².